The lowest BCUT2D eigenvalue weighted by atomic mass is 10.0. The molecule has 5 nitrogen and oxygen atoms in total. The first kappa shape index (κ1) is 21.1. The molecule has 0 fully saturated rings. The SMILES string of the molecule is CSc1ccc(OCCC(c2ccc(OC(=O)N(C)C)cc2)N(C)C)cc1. The summed E-state index contributed by atoms with van der Waals surface area (Å²) in [5.41, 5.74) is 1.16. The Hall–Kier alpha value is -2.18. The van der Waals surface area contributed by atoms with E-state index in [1.807, 2.05) is 36.4 Å². The molecule has 0 heterocycles. The first-order chi connectivity index (χ1) is 12.9. The van der Waals surface area contributed by atoms with Gasteiger partial charge in [-0.1, -0.05) is 12.1 Å². The van der Waals surface area contributed by atoms with Crippen LogP contribution in [-0.2, 0) is 0 Å². The number of carbonyl (C=O) groups excluding carboxylic acids is 1. The number of hydrogen-bond donors (Lipinski definition) is 0. The van der Waals surface area contributed by atoms with Crippen LogP contribution >= 0.6 is 11.8 Å². The zero-order valence-corrected chi connectivity index (χ0v) is 17.5. The van der Waals surface area contributed by atoms with Gasteiger partial charge in [0.2, 0.25) is 0 Å². The van der Waals surface area contributed by atoms with E-state index < -0.39 is 0 Å². The maximum Gasteiger partial charge on any atom is 0.414 e. The number of amides is 1. The third-order valence-corrected chi connectivity index (χ3v) is 4.92. The molecule has 1 unspecified atom stereocenters. The second kappa shape index (κ2) is 10.2. The molecule has 0 saturated heterocycles. The van der Waals surface area contributed by atoms with Gasteiger partial charge in [-0.15, -0.1) is 11.8 Å². The van der Waals surface area contributed by atoms with E-state index in [-0.39, 0.29) is 12.1 Å². The first-order valence-electron chi connectivity index (χ1n) is 8.83. The number of rotatable bonds is 8. The van der Waals surface area contributed by atoms with Crippen LogP contribution in [0.15, 0.2) is 53.4 Å². The fourth-order valence-electron chi connectivity index (χ4n) is 2.63. The Morgan fingerprint density at radius 3 is 2.07 bits per heavy atom. The largest absolute Gasteiger partial charge is 0.494 e. The van der Waals surface area contributed by atoms with Crippen molar-refractivity contribution in [2.24, 2.45) is 0 Å². The van der Waals surface area contributed by atoms with Gasteiger partial charge in [0.25, 0.3) is 0 Å². The molecule has 6 heteroatoms. The topological polar surface area (TPSA) is 42.0 Å². The van der Waals surface area contributed by atoms with Gasteiger partial charge < -0.3 is 19.3 Å². The van der Waals surface area contributed by atoms with Crippen molar-refractivity contribution >= 4 is 17.9 Å². The van der Waals surface area contributed by atoms with Crippen molar-refractivity contribution in [1.29, 1.82) is 0 Å². The fourth-order valence-corrected chi connectivity index (χ4v) is 3.04. The molecule has 0 bridgehead atoms. The highest BCUT2D eigenvalue weighted by Crippen LogP contribution is 2.25. The molecular weight excluding hydrogens is 360 g/mol. The van der Waals surface area contributed by atoms with Crippen molar-refractivity contribution in [2.45, 2.75) is 17.4 Å². The number of carbonyl (C=O) groups is 1. The summed E-state index contributed by atoms with van der Waals surface area (Å²) in [5, 5.41) is 0. The molecule has 0 aliphatic carbocycles. The van der Waals surface area contributed by atoms with Crippen molar-refractivity contribution in [2.75, 3.05) is 41.1 Å². The maximum atomic E-state index is 11.6. The Bertz CT molecular complexity index is 715. The molecule has 27 heavy (non-hydrogen) atoms. The Morgan fingerprint density at radius 1 is 0.963 bits per heavy atom. The Morgan fingerprint density at radius 2 is 1.56 bits per heavy atom. The summed E-state index contributed by atoms with van der Waals surface area (Å²) in [6, 6.07) is 16.0. The Kier molecular flexibility index (Phi) is 8.00. The van der Waals surface area contributed by atoms with Crippen LogP contribution in [0.2, 0.25) is 0 Å². The molecule has 2 aromatic rings. The summed E-state index contributed by atoms with van der Waals surface area (Å²) in [7, 11) is 7.43. The highest BCUT2D eigenvalue weighted by atomic mass is 32.2. The van der Waals surface area contributed by atoms with Gasteiger partial charge in [-0.3, -0.25) is 0 Å². The van der Waals surface area contributed by atoms with Crippen LogP contribution in [0.3, 0.4) is 0 Å². The molecule has 0 spiro atoms. The molecule has 0 radical (unpaired) electrons. The third-order valence-electron chi connectivity index (χ3n) is 4.18. The second-order valence-electron chi connectivity index (χ2n) is 6.62. The summed E-state index contributed by atoms with van der Waals surface area (Å²) in [4.78, 5) is 16.4. The lowest BCUT2D eigenvalue weighted by Gasteiger charge is -2.25. The van der Waals surface area contributed by atoms with E-state index in [2.05, 4.69) is 37.4 Å². The molecule has 1 amide bonds. The van der Waals surface area contributed by atoms with Gasteiger partial charge >= 0.3 is 6.09 Å². The number of ether oxygens (including phenoxy) is 2. The van der Waals surface area contributed by atoms with Gasteiger partial charge in [-0.05, 0) is 62.3 Å². The van der Waals surface area contributed by atoms with Crippen LogP contribution in [0.25, 0.3) is 0 Å². The lowest BCUT2D eigenvalue weighted by Crippen LogP contribution is -2.25. The standard InChI is InChI=1S/C21H28N2O3S/c1-22(2)20(14-15-25-17-10-12-19(27-5)13-11-17)16-6-8-18(9-7-16)26-21(24)23(3)4/h6-13,20H,14-15H2,1-5H3. The van der Waals surface area contributed by atoms with E-state index in [4.69, 9.17) is 9.47 Å². The van der Waals surface area contributed by atoms with Gasteiger partial charge in [0.15, 0.2) is 0 Å². The Balaban J connectivity index is 1.94. The monoisotopic (exact) mass is 388 g/mol. The van der Waals surface area contributed by atoms with Gasteiger partial charge in [0.05, 0.1) is 6.61 Å². The smallest absolute Gasteiger partial charge is 0.414 e. The molecule has 146 valence electrons. The van der Waals surface area contributed by atoms with Crippen molar-refractivity contribution in [3.05, 3.63) is 54.1 Å². The Labute approximate surface area is 166 Å². The van der Waals surface area contributed by atoms with Crippen molar-refractivity contribution in [3.63, 3.8) is 0 Å². The van der Waals surface area contributed by atoms with Gasteiger partial charge in [0.1, 0.15) is 11.5 Å². The van der Waals surface area contributed by atoms with E-state index in [0.29, 0.717) is 12.4 Å². The highest BCUT2D eigenvalue weighted by molar-refractivity contribution is 7.98. The summed E-state index contributed by atoms with van der Waals surface area (Å²) in [5.74, 6) is 1.43. The predicted molar refractivity (Wildman–Crippen MR) is 111 cm³/mol. The van der Waals surface area contributed by atoms with E-state index >= 15 is 0 Å². The summed E-state index contributed by atoms with van der Waals surface area (Å²) in [6.45, 7) is 0.624. The average molecular weight is 389 g/mol. The van der Waals surface area contributed by atoms with Crippen molar-refractivity contribution in [1.82, 2.24) is 9.80 Å². The molecule has 0 aliphatic rings. The predicted octanol–water partition coefficient (Wildman–Crippen LogP) is 4.54. The minimum atomic E-state index is -0.382. The van der Waals surface area contributed by atoms with Crippen LogP contribution in [0.1, 0.15) is 18.0 Å². The molecular formula is C21H28N2O3S. The quantitative estimate of drug-likeness (QED) is 0.621. The lowest BCUT2D eigenvalue weighted by molar-refractivity contribution is 0.172. The third kappa shape index (κ3) is 6.48. The van der Waals surface area contributed by atoms with Crippen LogP contribution in [0, 0.1) is 0 Å². The second-order valence-corrected chi connectivity index (χ2v) is 7.50. The van der Waals surface area contributed by atoms with E-state index in [1.165, 1.54) is 9.80 Å². The molecule has 1 atom stereocenters. The summed E-state index contributed by atoms with van der Waals surface area (Å²) >= 11 is 1.72. The van der Waals surface area contributed by atoms with Gasteiger partial charge in [-0.25, -0.2) is 4.79 Å². The van der Waals surface area contributed by atoms with Crippen molar-refractivity contribution < 1.29 is 14.3 Å². The van der Waals surface area contributed by atoms with Crippen LogP contribution in [0.5, 0.6) is 11.5 Å². The zero-order valence-electron chi connectivity index (χ0n) is 16.6. The number of thioether (sulfide) groups is 1. The highest BCUT2D eigenvalue weighted by Gasteiger charge is 2.15. The fraction of sp³-hybridized carbons (Fsp3) is 0.381. The van der Waals surface area contributed by atoms with E-state index in [9.17, 15) is 4.79 Å². The minimum absolute atomic E-state index is 0.217. The molecule has 0 N–H and O–H groups in total. The molecule has 0 aromatic heterocycles. The maximum absolute atomic E-state index is 11.6. The van der Waals surface area contributed by atoms with Crippen LogP contribution in [-0.4, -0.2) is 56.9 Å². The summed E-state index contributed by atoms with van der Waals surface area (Å²) in [6.07, 6.45) is 2.53. The minimum Gasteiger partial charge on any atom is -0.494 e. The molecule has 0 saturated carbocycles. The number of nitrogens with zero attached hydrogens (tertiary/aromatic N) is 2. The number of benzene rings is 2. The molecule has 2 aromatic carbocycles. The van der Waals surface area contributed by atoms with Crippen LogP contribution < -0.4 is 9.47 Å². The zero-order chi connectivity index (χ0) is 19.8. The van der Waals surface area contributed by atoms with E-state index in [0.717, 1.165) is 17.7 Å². The van der Waals surface area contributed by atoms with Crippen LogP contribution in [0.4, 0.5) is 4.79 Å². The normalized spacial score (nSPS) is 11.9. The number of hydrogen-bond acceptors (Lipinski definition) is 5. The van der Waals surface area contributed by atoms with Crippen molar-refractivity contribution in [3.8, 4) is 11.5 Å². The van der Waals surface area contributed by atoms with Gasteiger partial charge in [-0.2, -0.15) is 0 Å². The average Bonchev–Trinajstić information content (AvgIpc) is 2.66. The summed E-state index contributed by atoms with van der Waals surface area (Å²) < 4.78 is 11.2. The first-order valence-corrected chi connectivity index (χ1v) is 10.1. The molecule has 2 rings (SSSR count). The molecule has 0 aliphatic heterocycles. The van der Waals surface area contributed by atoms with E-state index in [1.54, 1.807) is 25.9 Å². The van der Waals surface area contributed by atoms with Gasteiger partial charge in [0, 0.05) is 31.5 Å².